The van der Waals surface area contributed by atoms with Crippen LogP contribution in [0.2, 0.25) is 10.0 Å². The number of ether oxygens (including phenoxy) is 2. The first-order chi connectivity index (χ1) is 8.47. The van der Waals surface area contributed by atoms with Gasteiger partial charge in [0.15, 0.2) is 17.2 Å². The predicted molar refractivity (Wildman–Crippen MR) is 61.4 cm³/mol. The maximum Gasteiger partial charge on any atom is 1.00 e. The third-order valence-corrected chi connectivity index (χ3v) is 3.10. The van der Waals surface area contributed by atoms with Crippen LogP contribution < -0.4 is 48.8 Å². The second-order valence-electron chi connectivity index (χ2n) is 3.37. The Balaban J connectivity index is 0.00000180. The van der Waals surface area contributed by atoms with E-state index >= 15 is 0 Å². The van der Waals surface area contributed by atoms with Crippen LogP contribution in [-0.4, -0.2) is 31.7 Å². The molecule has 0 saturated heterocycles. The van der Waals surface area contributed by atoms with Gasteiger partial charge in [-0.25, -0.2) is 0 Å². The van der Waals surface area contributed by atoms with Crippen LogP contribution in [0.15, 0.2) is 0 Å². The van der Waals surface area contributed by atoms with Gasteiger partial charge in [-0.15, -0.1) is 0 Å². The fourth-order valence-corrected chi connectivity index (χ4v) is 2.05. The van der Waals surface area contributed by atoms with Crippen LogP contribution in [0.5, 0.6) is 17.2 Å². The smallest absolute Gasteiger partial charge is 0.545 e. The van der Waals surface area contributed by atoms with Gasteiger partial charge in [-0.3, -0.25) is 0 Å². The first kappa shape index (κ1) is 16.7. The van der Waals surface area contributed by atoms with Gasteiger partial charge in [0.1, 0.15) is 16.6 Å². The molecule has 10 heteroatoms. The monoisotopic (exact) mass is 314 g/mol. The van der Waals surface area contributed by atoms with Gasteiger partial charge < -0.3 is 29.1 Å². The number of carbonyl (C=O) groups excluding carboxylic acids is 1. The maximum atomic E-state index is 11.1. The molecule has 0 amide bonds. The number of hydrogen-bond donors (Lipinski definition) is 1. The minimum Gasteiger partial charge on any atom is -0.545 e. The summed E-state index contributed by atoms with van der Waals surface area (Å²) in [6.07, 6.45) is 0. The van der Waals surface area contributed by atoms with Crippen LogP contribution >= 0.6 is 23.2 Å². The van der Waals surface area contributed by atoms with Crippen molar-refractivity contribution in [3.8, 4) is 17.2 Å². The number of rotatable bonds is 2. The zero-order valence-corrected chi connectivity index (χ0v) is 13.5. The average molecular weight is 315 g/mol. The molecule has 0 aliphatic carbocycles. The first-order valence-corrected chi connectivity index (χ1v) is 5.50. The SMILES string of the molecule is COc1c(Cl)c(Cl)c2c(c1C(=O)[O-])OB(O)CO2.[Na+]. The molecule has 0 fully saturated rings. The van der Waals surface area contributed by atoms with Crippen LogP contribution in [-0.2, 0) is 0 Å². The number of hydrogen-bond acceptors (Lipinski definition) is 6. The van der Waals surface area contributed by atoms with E-state index < -0.39 is 18.7 Å². The molecule has 0 atom stereocenters. The van der Waals surface area contributed by atoms with E-state index in [-0.39, 0.29) is 63.4 Å². The van der Waals surface area contributed by atoms with Crippen LogP contribution in [0, 0.1) is 0 Å². The maximum absolute atomic E-state index is 11.1. The Hall–Kier alpha value is -0.305. The zero-order chi connectivity index (χ0) is 13.4. The molecule has 19 heavy (non-hydrogen) atoms. The van der Waals surface area contributed by atoms with E-state index in [0.29, 0.717) is 0 Å². The summed E-state index contributed by atoms with van der Waals surface area (Å²) in [6, 6.07) is 0. The van der Waals surface area contributed by atoms with Crippen molar-refractivity contribution >= 4 is 36.3 Å². The standard InChI is InChI=1S/C9H7BCl2O6.Na/c1-16-6-3(9(13)14)7-8(5(12)4(6)11)17-2-10(15)18-7;/h15H,2H2,1H3,(H,13,14);/q;+1/p-1. The van der Waals surface area contributed by atoms with Gasteiger partial charge in [0, 0.05) is 0 Å². The molecule has 0 saturated carbocycles. The molecule has 0 aromatic heterocycles. The molecule has 0 spiro atoms. The number of fused-ring (bicyclic) bond motifs is 1. The molecule has 0 bridgehead atoms. The Bertz CT molecular complexity index is 526. The third kappa shape index (κ3) is 2.91. The number of carboxylic acids is 1. The minimum atomic E-state index is -1.58. The van der Waals surface area contributed by atoms with Gasteiger partial charge in [0.2, 0.25) is 0 Å². The number of carboxylic acid groups (broad SMARTS) is 1. The Morgan fingerprint density at radius 2 is 2.05 bits per heavy atom. The van der Waals surface area contributed by atoms with E-state index in [4.69, 9.17) is 37.3 Å². The minimum absolute atomic E-state index is 0. The summed E-state index contributed by atoms with van der Waals surface area (Å²) >= 11 is 11.8. The van der Waals surface area contributed by atoms with E-state index in [9.17, 15) is 14.9 Å². The summed E-state index contributed by atoms with van der Waals surface area (Å²) in [5.74, 6) is -2.12. The Labute approximate surface area is 141 Å². The molecule has 0 radical (unpaired) electrons. The van der Waals surface area contributed by atoms with E-state index in [2.05, 4.69) is 0 Å². The number of halogens is 2. The van der Waals surface area contributed by atoms with Crippen LogP contribution in [0.25, 0.3) is 0 Å². The molecular weight excluding hydrogens is 309 g/mol. The summed E-state index contributed by atoms with van der Waals surface area (Å²) in [4.78, 5) is 11.1. The van der Waals surface area contributed by atoms with Crippen molar-refractivity contribution in [2.24, 2.45) is 0 Å². The molecule has 0 unspecified atom stereocenters. The van der Waals surface area contributed by atoms with Gasteiger partial charge in [0.25, 0.3) is 0 Å². The Morgan fingerprint density at radius 3 is 2.58 bits per heavy atom. The largest absolute Gasteiger partial charge is 1.00 e. The van der Waals surface area contributed by atoms with Crippen molar-refractivity contribution in [2.75, 3.05) is 13.6 Å². The van der Waals surface area contributed by atoms with Crippen molar-refractivity contribution in [1.29, 1.82) is 0 Å². The van der Waals surface area contributed by atoms with Crippen LogP contribution in [0.4, 0.5) is 0 Å². The fourth-order valence-electron chi connectivity index (χ4n) is 1.57. The average Bonchev–Trinajstić information content (AvgIpc) is 2.32. The quantitative estimate of drug-likeness (QED) is 0.592. The molecule has 1 aliphatic rings. The predicted octanol–water partition coefficient (Wildman–Crippen LogP) is -2.84. The van der Waals surface area contributed by atoms with Gasteiger partial charge in [0.05, 0.1) is 18.6 Å². The van der Waals surface area contributed by atoms with E-state index in [1.807, 2.05) is 0 Å². The number of carbonyl (C=O) groups is 1. The molecule has 96 valence electrons. The second-order valence-corrected chi connectivity index (χ2v) is 4.12. The van der Waals surface area contributed by atoms with Gasteiger partial charge in [-0.05, 0) is 0 Å². The van der Waals surface area contributed by atoms with Crippen molar-refractivity contribution < 1.29 is 58.6 Å². The summed E-state index contributed by atoms with van der Waals surface area (Å²) in [6.45, 7) is -0.193. The second kappa shape index (κ2) is 6.43. The molecule has 1 N–H and O–H groups in total. The zero-order valence-electron chi connectivity index (χ0n) is 10.0. The Kier molecular flexibility index (Phi) is 5.67. The van der Waals surface area contributed by atoms with Crippen LogP contribution in [0.1, 0.15) is 10.4 Å². The van der Waals surface area contributed by atoms with Gasteiger partial charge >= 0.3 is 36.7 Å². The third-order valence-electron chi connectivity index (χ3n) is 2.28. The fraction of sp³-hybridized carbons (Fsp3) is 0.222. The summed E-state index contributed by atoms with van der Waals surface area (Å²) in [5.41, 5.74) is -0.458. The summed E-state index contributed by atoms with van der Waals surface area (Å²) < 4.78 is 15.0. The van der Waals surface area contributed by atoms with Crippen molar-refractivity contribution in [3.05, 3.63) is 15.6 Å². The normalized spacial score (nSPS) is 12.7. The van der Waals surface area contributed by atoms with Crippen molar-refractivity contribution in [2.45, 2.75) is 0 Å². The number of aromatic carboxylic acids is 1. The summed E-state index contributed by atoms with van der Waals surface area (Å²) in [7, 11) is -0.0891. The van der Waals surface area contributed by atoms with Gasteiger partial charge in [-0.1, -0.05) is 23.2 Å². The molecule has 1 aromatic rings. The molecule has 1 aromatic carbocycles. The molecular formula is C9H6BCl2NaO6. The van der Waals surface area contributed by atoms with Crippen LogP contribution in [0.3, 0.4) is 0 Å². The van der Waals surface area contributed by atoms with E-state index in [1.165, 1.54) is 7.11 Å². The molecule has 6 nitrogen and oxygen atoms in total. The number of benzene rings is 1. The van der Waals surface area contributed by atoms with Crippen molar-refractivity contribution in [1.82, 2.24) is 0 Å². The van der Waals surface area contributed by atoms with E-state index in [1.54, 1.807) is 0 Å². The van der Waals surface area contributed by atoms with Crippen molar-refractivity contribution in [3.63, 3.8) is 0 Å². The number of methoxy groups -OCH3 is 1. The molecule has 1 heterocycles. The van der Waals surface area contributed by atoms with E-state index in [0.717, 1.165) is 0 Å². The molecule has 2 rings (SSSR count). The van der Waals surface area contributed by atoms with Gasteiger partial charge in [-0.2, -0.15) is 0 Å². The first-order valence-electron chi connectivity index (χ1n) is 4.75. The topological polar surface area (TPSA) is 88.1 Å². The molecule has 1 aliphatic heterocycles. The summed E-state index contributed by atoms with van der Waals surface area (Å²) in [5, 5.41) is 20.2. The Morgan fingerprint density at radius 1 is 1.42 bits per heavy atom.